The van der Waals surface area contributed by atoms with Crippen molar-refractivity contribution in [1.82, 2.24) is 24.4 Å². The van der Waals surface area contributed by atoms with Crippen LogP contribution in [-0.4, -0.2) is 30.9 Å². The molecule has 4 heterocycles. The highest BCUT2D eigenvalue weighted by atomic mass is 19.1. The van der Waals surface area contributed by atoms with E-state index in [0.29, 0.717) is 34.9 Å². The first kappa shape index (κ1) is 16.7. The summed E-state index contributed by atoms with van der Waals surface area (Å²) in [5.74, 6) is -0.169. The molecule has 0 spiro atoms. The van der Waals surface area contributed by atoms with Crippen LogP contribution in [0.15, 0.2) is 49.1 Å². The Labute approximate surface area is 159 Å². The lowest BCUT2D eigenvalue weighted by Crippen LogP contribution is -2.24. The molecule has 3 aromatic heterocycles. The van der Waals surface area contributed by atoms with E-state index in [1.807, 2.05) is 11.0 Å². The van der Waals surface area contributed by atoms with Gasteiger partial charge in [0.25, 0.3) is 0 Å². The number of rotatable bonds is 3. The fourth-order valence-electron chi connectivity index (χ4n) is 3.77. The smallest absolute Gasteiger partial charge is 0.183 e. The number of fused-ring (bicyclic) bond motifs is 1. The summed E-state index contributed by atoms with van der Waals surface area (Å²) in [7, 11) is 0. The van der Waals surface area contributed by atoms with E-state index in [2.05, 4.69) is 10.2 Å². The quantitative estimate of drug-likeness (QED) is 0.590. The normalized spacial score (nSPS) is 16.9. The fraction of sp³-hybridized carbons (Fsp3) is 0.211. The molecule has 4 aromatic rings. The number of benzene rings is 1. The molecule has 1 atom stereocenters. The number of nitrogens with zero attached hydrogens (tertiary/aromatic N) is 6. The zero-order chi connectivity index (χ0) is 19.3. The van der Waals surface area contributed by atoms with Crippen molar-refractivity contribution in [2.75, 3.05) is 17.2 Å². The molecule has 0 radical (unpaired) electrons. The van der Waals surface area contributed by atoms with Gasteiger partial charge < -0.3 is 10.6 Å². The van der Waals surface area contributed by atoms with Crippen LogP contribution < -0.4 is 10.6 Å². The molecule has 9 heteroatoms. The van der Waals surface area contributed by atoms with Crippen molar-refractivity contribution >= 4 is 17.2 Å². The van der Waals surface area contributed by atoms with Gasteiger partial charge in [-0.05, 0) is 37.1 Å². The van der Waals surface area contributed by atoms with Crippen LogP contribution in [0.5, 0.6) is 0 Å². The van der Waals surface area contributed by atoms with Gasteiger partial charge in [-0.1, -0.05) is 0 Å². The Bertz CT molecular complexity index is 1170. The average Bonchev–Trinajstić information content (AvgIpc) is 3.42. The molecule has 28 heavy (non-hydrogen) atoms. The first-order chi connectivity index (χ1) is 13.6. The summed E-state index contributed by atoms with van der Waals surface area (Å²) in [6.07, 6.45) is 8.30. The summed E-state index contributed by atoms with van der Waals surface area (Å²) in [5.41, 5.74) is 7.94. The second kappa shape index (κ2) is 6.29. The van der Waals surface area contributed by atoms with Crippen LogP contribution in [0.3, 0.4) is 0 Å². The van der Waals surface area contributed by atoms with Gasteiger partial charge in [0.1, 0.15) is 23.1 Å². The summed E-state index contributed by atoms with van der Waals surface area (Å²) in [4.78, 5) is 6.75. The van der Waals surface area contributed by atoms with E-state index in [4.69, 9.17) is 10.7 Å². The molecule has 1 aromatic carbocycles. The Balaban J connectivity index is 1.57. The monoisotopic (exact) mass is 381 g/mol. The summed E-state index contributed by atoms with van der Waals surface area (Å²) < 4.78 is 31.3. The Morgan fingerprint density at radius 2 is 2.00 bits per heavy atom. The molecule has 1 aliphatic rings. The second-order valence-electron chi connectivity index (χ2n) is 6.82. The minimum atomic E-state index is -0.444. The predicted octanol–water partition coefficient (Wildman–Crippen LogP) is 3.12. The van der Waals surface area contributed by atoms with Gasteiger partial charge in [0.15, 0.2) is 5.65 Å². The second-order valence-corrected chi connectivity index (χ2v) is 6.82. The van der Waals surface area contributed by atoms with Crippen LogP contribution in [-0.2, 0) is 0 Å². The number of halogens is 2. The Morgan fingerprint density at radius 3 is 2.82 bits per heavy atom. The number of nitrogens with two attached hydrogens (primary N) is 1. The molecule has 142 valence electrons. The predicted molar refractivity (Wildman–Crippen MR) is 100 cm³/mol. The van der Waals surface area contributed by atoms with Crippen molar-refractivity contribution in [3.05, 3.63) is 66.3 Å². The fourth-order valence-corrected chi connectivity index (χ4v) is 3.77. The van der Waals surface area contributed by atoms with Crippen molar-refractivity contribution in [2.45, 2.75) is 18.9 Å². The molecule has 5 rings (SSSR count). The molecule has 0 saturated carbocycles. The minimum Gasteiger partial charge on any atom is -0.396 e. The molecule has 0 amide bonds. The van der Waals surface area contributed by atoms with Gasteiger partial charge in [0.2, 0.25) is 0 Å². The molecular formula is C19H17F2N7. The van der Waals surface area contributed by atoms with Crippen LogP contribution in [0.25, 0.3) is 11.3 Å². The first-order valence-electron chi connectivity index (χ1n) is 8.96. The molecular weight excluding hydrogens is 364 g/mol. The van der Waals surface area contributed by atoms with Crippen molar-refractivity contribution in [2.24, 2.45) is 0 Å². The van der Waals surface area contributed by atoms with Crippen LogP contribution >= 0.6 is 0 Å². The Kier molecular flexibility index (Phi) is 3.75. The van der Waals surface area contributed by atoms with Crippen LogP contribution in [0.2, 0.25) is 0 Å². The van der Waals surface area contributed by atoms with E-state index >= 15 is 0 Å². The number of nitrogen functional groups attached to an aromatic ring is 1. The maximum absolute atomic E-state index is 14.4. The molecule has 0 aliphatic carbocycles. The molecule has 2 N–H and O–H groups in total. The molecule has 1 aliphatic heterocycles. The van der Waals surface area contributed by atoms with E-state index < -0.39 is 11.6 Å². The topological polar surface area (TPSA) is 77.3 Å². The molecule has 1 fully saturated rings. The number of anilines is 2. The SMILES string of the molecule is Nc1cnn(-c2cnn3ccc(N4CCCC4c4cc(F)ccc4F)nc23)c1. The highest BCUT2D eigenvalue weighted by Crippen LogP contribution is 2.37. The lowest BCUT2D eigenvalue weighted by atomic mass is 10.0. The third-order valence-electron chi connectivity index (χ3n) is 5.05. The van der Waals surface area contributed by atoms with E-state index in [1.165, 1.54) is 12.1 Å². The maximum Gasteiger partial charge on any atom is 0.183 e. The summed E-state index contributed by atoms with van der Waals surface area (Å²) in [6, 6.07) is 5.15. The van der Waals surface area contributed by atoms with Gasteiger partial charge in [-0.25, -0.2) is 23.0 Å². The average molecular weight is 381 g/mol. The highest BCUT2D eigenvalue weighted by Gasteiger charge is 2.30. The van der Waals surface area contributed by atoms with Gasteiger partial charge >= 0.3 is 0 Å². The summed E-state index contributed by atoms with van der Waals surface area (Å²) in [6.45, 7) is 0.710. The number of hydrogen-bond donors (Lipinski definition) is 1. The number of aromatic nitrogens is 5. The van der Waals surface area contributed by atoms with Crippen LogP contribution in [0, 0.1) is 11.6 Å². The Hall–Kier alpha value is -3.49. The van der Waals surface area contributed by atoms with E-state index in [-0.39, 0.29) is 6.04 Å². The van der Waals surface area contributed by atoms with E-state index in [9.17, 15) is 8.78 Å². The van der Waals surface area contributed by atoms with Crippen molar-refractivity contribution in [3.63, 3.8) is 0 Å². The van der Waals surface area contributed by atoms with Crippen LogP contribution in [0.1, 0.15) is 24.4 Å². The van der Waals surface area contributed by atoms with Crippen molar-refractivity contribution in [1.29, 1.82) is 0 Å². The zero-order valence-corrected chi connectivity index (χ0v) is 14.8. The highest BCUT2D eigenvalue weighted by molar-refractivity contribution is 5.62. The largest absolute Gasteiger partial charge is 0.396 e. The minimum absolute atomic E-state index is 0.266. The first-order valence-corrected chi connectivity index (χ1v) is 8.96. The molecule has 1 unspecified atom stereocenters. The van der Waals surface area contributed by atoms with Gasteiger partial charge in [-0.15, -0.1) is 0 Å². The third kappa shape index (κ3) is 2.67. The van der Waals surface area contributed by atoms with E-state index in [1.54, 1.807) is 34.0 Å². The van der Waals surface area contributed by atoms with E-state index in [0.717, 1.165) is 18.9 Å². The Morgan fingerprint density at radius 1 is 1.11 bits per heavy atom. The standard InChI is InChI=1S/C19H17F2N7/c20-12-3-4-15(21)14(8-12)16-2-1-6-26(16)18-5-7-27-19(25-18)17(10-24-27)28-11-13(22)9-23-28/h3-5,7-11,16H,1-2,6,22H2. The molecule has 1 saturated heterocycles. The lowest BCUT2D eigenvalue weighted by Gasteiger charge is -2.26. The van der Waals surface area contributed by atoms with Crippen molar-refractivity contribution in [3.8, 4) is 5.69 Å². The van der Waals surface area contributed by atoms with Gasteiger partial charge in [-0.2, -0.15) is 10.2 Å². The maximum atomic E-state index is 14.4. The number of hydrogen-bond acceptors (Lipinski definition) is 5. The van der Waals surface area contributed by atoms with Gasteiger partial charge in [0.05, 0.1) is 30.3 Å². The third-order valence-corrected chi connectivity index (χ3v) is 5.05. The zero-order valence-electron chi connectivity index (χ0n) is 14.8. The van der Waals surface area contributed by atoms with Crippen LogP contribution in [0.4, 0.5) is 20.3 Å². The summed E-state index contributed by atoms with van der Waals surface area (Å²) >= 11 is 0. The lowest BCUT2D eigenvalue weighted by molar-refractivity contribution is 0.560. The van der Waals surface area contributed by atoms with Crippen molar-refractivity contribution < 1.29 is 8.78 Å². The summed E-state index contributed by atoms with van der Waals surface area (Å²) in [5, 5.41) is 8.51. The van der Waals surface area contributed by atoms with Gasteiger partial charge in [-0.3, -0.25) is 0 Å². The molecule has 0 bridgehead atoms. The molecule has 7 nitrogen and oxygen atoms in total. The van der Waals surface area contributed by atoms with Gasteiger partial charge in [0, 0.05) is 18.3 Å².